The van der Waals surface area contributed by atoms with Crippen LogP contribution >= 0.6 is 7.53 Å². The largest absolute Gasteiger partial charge is 0.493 e. The molecule has 0 aliphatic carbocycles. The fourth-order valence-corrected chi connectivity index (χ4v) is 5.68. The van der Waals surface area contributed by atoms with Gasteiger partial charge in [0.15, 0.2) is 11.5 Å². The molecule has 0 radical (unpaired) electrons. The first-order valence-corrected chi connectivity index (χ1v) is 11.4. The smallest absolute Gasteiger partial charge is 0.161 e. The van der Waals surface area contributed by atoms with Crippen molar-refractivity contribution < 1.29 is 19.0 Å². The molecule has 1 aliphatic rings. The molecule has 0 bridgehead atoms. The number of benzene rings is 1. The van der Waals surface area contributed by atoms with E-state index in [1.165, 1.54) is 5.56 Å². The van der Waals surface area contributed by atoms with Crippen LogP contribution in [0.25, 0.3) is 0 Å². The van der Waals surface area contributed by atoms with E-state index in [-0.39, 0.29) is 13.6 Å². The summed E-state index contributed by atoms with van der Waals surface area (Å²) in [4.78, 5) is 13.5. The Hall–Kier alpha value is -1.97. The maximum absolute atomic E-state index is 11.2. The number of aldehydes is 1. The van der Waals surface area contributed by atoms with Crippen LogP contribution in [-0.2, 0) is 11.2 Å². The molecule has 3 rings (SSSR count). The average Bonchev–Trinajstić information content (AvgIpc) is 3.30. The van der Waals surface area contributed by atoms with E-state index >= 15 is 0 Å². The van der Waals surface area contributed by atoms with Gasteiger partial charge in [0, 0.05) is 36.0 Å². The van der Waals surface area contributed by atoms with Crippen LogP contribution in [-0.4, -0.2) is 50.6 Å². The quantitative estimate of drug-likeness (QED) is 0.516. The van der Waals surface area contributed by atoms with Crippen LogP contribution in [0, 0.1) is 0 Å². The van der Waals surface area contributed by atoms with Crippen LogP contribution < -0.4 is 14.2 Å². The van der Waals surface area contributed by atoms with Crippen molar-refractivity contribution in [3.05, 3.63) is 41.4 Å². The summed E-state index contributed by atoms with van der Waals surface area (Å²) >= 11 is 0. The Labute approximate surface area is 168 Å². The number of rotatable bonds is 11. The predicted molar refractivity (Wildman–Crippen MR) is 113 cm³/mol. The molecule has 1 aromatic carbocycles. The van der Waals surface area contributed by atoms with E-state index in [4.69, 9.17) is 14.2 Å². The van der Waals surface area contributed by atoms with E-state index in [9.17, 15) is 4.79 Å². The van der Waals surface area contributed by atoms with Gasteiger partial charge in [-0.2, -0.15) is 0 Å². The zero-order valence-electron chi connectivity index (χ0n) is 17.0. The summed E-state index contributed by atoms with van der Waals surface area (Å²) in [5.74, 6) is 7.30. The second-order valence-corrected chi connectivity index (χ2v) is 9.59. The molecule has 0 saturated heterocycles. The van der Waals surface area contributed by atoms with Gasteiger partial charge >= 0.3 is 0 Å². The van der Waals surface area contributed by atoms with E-state index in [1.807, 2.05) is 24.3 Å². The van der Waals surface area contributed by atoms with Gasteiger partial charge in [-0.15, -0.1) is 7.53 Å². The number of carbonyl (C=O) groups is 1. The number of ether oxygens (including phenoxy) is 3. The summed E-state index contributed by atoms with van der Waals surface area (Å²) in [5, 5.41) is 0. The Balaban J connectivity index is 1.53. The molecule has 0 fully saturated rings. The van der Waals surface area contributed by atoms with E-state index in [1.54, 1.807) is 7.11 Å². The summed E-state index contributed by atoms with van der Waals surface area (Å²) in [7, 11) is 1.33. The number of nitrogens with zero attached hydrogens (tertiary/aromatic N) is 1. The molecule has 5 nitrogen and oxygen atoms in total. The third-order valence-electron chi connectivity index (χ3n) is 5.32. The van der Waals surface area contributed by atoms with Gasteiger partial charge < -0.3 is 19.0 Å². The third kappa shape index (κ3) is 5.09. The highest BCUT2D eigenvalue weighted by molar-refractivity contribution is 7.49. The van der Waals surface area contributed by atoms with Crippen molar-refractivity contribution in [1.82, 2.24) is 4.90 Å². The van der Waals surface area contributed by atoms with Crippen molar-refractivity contribution in [2.45, 2.75) is 38.4 Å². The normalized spacial score (nSPS) is 15.6. The maximum atomic E-state index is 11.2. The summed E-state index contributed by atoms with van der Waals surface area (Å²) < 4.78 is 16.9. The number of hydrogen-bond acceptors (Lipinski definition) is 5. The first kappa shape index (κ1) is 20.8. The predicted octanol–water partition coefficient (Wildman–Crippen LogP) is 4.54. The second-order valence-electron chi connectivity index (χ2n) is 7.30. The van der Waals surface area contributed by atoms with Crippen LogP contribution in [0.1, 0.15) is 31.5 Å². The van der Waals surface area contributed by atoms with Gasteiger partial charge in [-0.25, -0.2) is 0 Å². The van der Waals surface area contributed by atoms with Crippen LogP contribution in [0.3, 0.4) is 0 Å². The monoisotopic (exact) mass is 403 g/mol. The van der Waals surface area contributed by atoms with E-state index in [0.717, 1.165) is 49.5 Å². The Kier molecular flexibility index (Phi) is 7.41. The van der Waals surface area contributed by atoms with Gasteiger partial charge in [-0.1, -0.05) is 19.1 Å². The molecule has 3 unspecified atom stereocenters. The van der Waals surface area contributed by atoms with Crippen LogP contribution in [0.2, 0.25) is 0 Å². The third-order valence-corrected chi connectivity index (χ3v) is 7.64. The van der Waals surface area contributed by atoms with Crippen LogP contribution in [0.15, 0.2) is 35.9 Å². The average molecular weight is 403 g/mol. The lowest BCUT2D eigenvalue weighted by molar-refractivity contribution is -0.109. The molecule has 1 aromatic heterocycles. The highest BCUT2D eigenvalue weighted by Gasteiger charge is 2.21. The van der Waals surface area contributed by atoms with Crippen molar-refractivity contribution in [2.24, 2.45) is 0 Å². The van der Waals surface area contributed by atoms with Crippen molar-refractivity contribution in [1.29, 1.82) is 0 Å². The molecular weight excluding hydrogens is 373 g/mol. The number of fused-ring (bicyclic) bond motifs is 1. The summed E-state index contributed by atoms with van der Waals surface area (Å²) in [6.07, 6.45) is 2.88. The molecule has 2 heterocycles. The molecule has 0 amide bonds. The molecule has 0 saturated carbocycles. The first-order valence-electron chi connectivity index (χ1n) is 9.89. The molecule has 0 N–H and O–H groups in total. The first-order chi connectivity index (χ1) is 13.6. The Morgan fingerprint density at radius 2 is 2.04 bits per heavy atom. The van der Waals surface area contributed by atoms with Crippen molar-refractivity contribution in [3.8, 4) is 17.2 Å². The van der Waals surface area contributed by atoms with Crippen LogP contribution in [0.4, 0.5) is 0 Å². The standard InChI is InChI=1S/C22H30NO4P/c1-17(8-12-26-21-7-5-4-6-20(21)25-3)23(10-11-24)14-18(2)28-15-19-9-13-27-22(19)16-28/h4-7,11,15-18H,8-10,12-14H2,1-3H3. The fraction of sp³-hybridized carbons (Fsp3) is 0.500. The van der Waals surface area contributed by atoms with Gasteiger partial charge in [0.1, 0.15) is 12.0 Å². The minimum Gasteiger partial charge on any atom is -0.493 e. The van der Waals surface area contributed by atoms with E-state index < -0.39 is 0 Å². The molecule has 2 aromatic rings. The number of hydrogen-bond donors (Lipinski definition) is 0. The Morgan fingerprint density at radius 1 is 1.25 bits per heavy atom. The van der Waals surface area contributed by atoms with Crippen LogP contribution in [0.5, 0.6) is 17.2 Å². The maximum Gasteiger partial charge on any atom is 0.161 e. The summed E-state index contributed by atoms with van der Waals surface area (Å²) in [5.41, 5.74) is 1.86. The number of para-hydroxylation sites is 2. The van der Waals surface area contributed by atoms with Gasteiger partial charge in [0.05, 0.1) is 26.9 Å². The fourth-order valence-electron chi connectivity index (χ4n) is 3.57. The molecule has 152 valence electrons. The van der Waals surface area contributed by atoms with Crippen molar-refractivity contribution in [2.75, 3.05) is 33.4 Å². The van der Waals surface area contributed by atoms with Crippen molar-refractivity contribution >= 4 is 13.8 Å². The topological polar surface area (TPSA) is 48.0 Å². The Morgan fingerprint density at radius 3 is 2.75 bits per heavy atom. The highest BCUT2D eigenvalue weighted by atomic mass is 31.1. The second kappa shape index (κ2) is 9.99. The molecule has 28 heavy (non-hydrogen) atoms. The summed E-state index contributed by atoms with van der Waals surface area (Å²) in [6.45, 7) is 7.19. The molecule has 1 aliphatic heterocycles. The molecular formula is C22H30NO4P. The molecule has 0 spiro atoms. The minimum absolute atomic E-state index is 0.260. The lowest BCUT2D eigenvalue weighted by Gasteiger charge is -2.30. The van der Waals surface area contributed by atoms with Gasteiger partial charge in [0.2, 0.25) is 0 Å². The zero-order valence-corrected chi connectivity index (χ0v) is 17.9. The lowest BCUT2D eigenvalue weighted by Crippen LogP contribution is -2.37. The Bertz CT molecular complexity index is 754. The highest BCUT2D eigenvalue weighted by Crippen LogP contribution is 2.48. The van der Waals surface area contributed by atoms with Gasteiger partial charge in [-0.05, 0) is 31.3 Å². The van der Waals surface area contributed by atoms with Gasteiger partial charge in [0.25, 0.3) is 0 Å². The SMILES string of the molecule is COc1ccccc1OCCC(C)N(CC=O)CC(C)p1cc2c(c1)OCC2. The minimum atomic E-state index is -0.318. The van der Waals surface area contributed by atoms with E-state index in [2.05, 4.69) is 30.3 Å². The van der Waals surface area contributed by atoms with Crippen molar-refractivity contribution in [3.63, 3.8) is 0 Å². The molecule has 3 atom stereocenters. The summed E-state index contributed by atoms with van der Waals surface area (Å²) in [6, 6.07) is 7.93. The lowest BCUT2D eigenvalue weighted by atomic mass is 10.2. The number of methoxy groups -OCH3 is 1. The number of carbonyl (C=O) groups excluding carboxylic acids is 1. The molecule has 6 heteroatoms. The zero-order chi connectivity index (χ0) is 19.9. The van der Waals surface area contributed by atoms with Gasteiger partial charge in [-0.3, -0.25) is 4.90 Å². The van der Waals surface area contributed by atoms with E-state index in [0.29, 0.717) is 18.8 Å².